The first-order valence-electron chi connectivity index (χ1n) is 7.24. The number of alkyl halides is 6. The second kappa shape index (κ2) is 6.87. The Morgan fingerprint density at radius 1 is 1.11 bits per heavy atom. The molecule has 0 aliphatic rings. The fourth-order valence-electron chi connectivity index (χ4n) is 1.80. The molecule has 0 fully saturated rings. The molecule has 2 heterocycles. The SMILES string of the molecule is CC(C)(Oc1ccc(-c2cn(C(=N)C(F)(F)Cl)c(=N)cn2)cn1)C(F)(F)F. The summed E-state index contributed by atoms with van der Waals surface area (Å²) in [5.74, 6) is -1.65. The number of nitrogens with zero attached hydrogens (tertiary/aromatic N) is 3. The summed E-state index contributed by atoms with van der Waals surface area (Å²) in [6.07, 6.45) is -1.60. The van der Waals surface area contributed by atoms with E-state index in [0.717, 1.165) is 38.5 Å². The third-order valence-electron chi connectivity index (χ3n) is 3.42. The van der Waals surface area contributed by atoms with E-state index in [9.17, 15) is 22.0 Å². The van der Waals surface area contributed by atoms with Crippen molar-refractivity contribution < 1.29 is 26.7 Å². The largest absolute Gasteiger partial charge is 0.462 e. The average Bonchev–Trinajstić information content (AvgIpc) is 2.53. The van der Waals surface area contributed by atoms with E-state index in [1.54, 1.807) is 0 Å². The van der Waals surface area contributed by atoms with E-state index in [1.807, 2.05) is 0 Å². The van der Waals surface area contributed by atoms with Crippen molar-refractivity contribution in [1.29, 1.82) is 10.8 Å². The molecule has 27 heavy (non-hydrogen) atoms. The fourth-order valence-corrected chi connectivity index (χ4v) is 1.89. The van der Waals surface area contributed by atoms with Gasteiger partial charge in [0.25, 0.3) is 0 Å². The molecular formula is C15H13ClF5N5O. The second-order valence-electron chi connectivity index (χ2n) is 5.87. The average molecular weight is 410 g/mol. The predicted molar refractivity (Wildman–Crippen MR) is 86.0 cm³/mol. The third kappa shape index (κ3) is 4.59. The molecule has 2 N–H and O–H groups in total. The van der Waals surface area contributed by atoms with Gasteiger partial charge < -0.3 is 4.74 Å². The molecule has 2 rings (SSSR count). The van der Waals surface area contributed by atoms with Gasteiger partial charge in [0.2, 0.25) is 5.88 Å². The van der Waals surface area contributed by atoms with Gasteiger partial charge in [0.1, 0.15) is 5.49 Å². The molecule has 0 aromatic carbocycles. The Morgan fingerprint density at radius 3 is 2.22 bits per heavy atom. The lowest BCUT2D eigenvalue weighted by Crippen LogP contribution is -2.44. The number of hydrogen-bond donors (Lipinski definition) is 2. The Morgan fingerprint density at radius 2 is 1.74 bits per heavy atom. The maximum absolute atomic E-state index is 13.1. The van der Waals surface area contributed by atoms with E-state index < -0.39 is 28.5 Å². The first kappa shape index (κ1) is 20.7. The number of pyridine rings is 1. The van der Waals surface area contributed by atoms with Gasteiger partial charge in [-0.1, -0.05) is 0 Å². The zero-order valence-electron chi connectivity index (χ0n) is 13.9. The summed E-state index contributed by atoms with van der Waals surface area (Å²) in [5, 5.41) is 10.9. The van der Waals surface area contributed by atoms with Crippen LogP contribution in [-0.4, -0.2) is 37.5 Å². The van der Waals surface area contributed by atoms with Crippen molar-refractivity contribution >= 4 is 17.4 Å². The maximum Gasteiger partial charge on any atom is 0.427 e. The van der Waals surface area contributed by atoms with Gasteiger partial charge in [0.15, 0.2) is 11.4 Å². The highest BCUT2D eigenvalue weighted by Crippen LogP contribution is 2.33. The van der Waals surface area contributed by atoms with E-state index in [4.69, 9.17) is 27.2 Å². The van der Waals surface area contributed by atoms with Crippen molar-refractivity contribution in [3.8, 4) is 17.1 Å². The van der Waals surface area contributed by atoms with Gasteiger partial charge in [-0.05, 0) is 31.5 Å². The Bertz CT molecular complexity index is 903. The van der Waals surface area contributed by atoms with E-state index >= 15 is 0 Å². The van der Waals surface area contributed by atoms with Gasteiger partial charge in [-0.25, -0.2) is 4.98 Å². The summed E-state index contributed by atoms with van der Waals surface area (Å²) in [5.41, 5.74) is -2.68. The smallest absolute Gasteiger partial charge is 0.427 e. The van der Waals surface area contributed by atoms with E-state index in [-0.39, 0.29) is 17.1 Å². The summed E-state index contributed by atoms with van der Waals surface area (Å²) in [6, 6.07) is 2.47. The molecule has 2 aromatic heterocycles. The normalized spacial score (nSPS) is 12.7. The van der Waals surface area contributed by atoms with E-state index in [1.165, 1.54) is 6.07 Å². The first-order chi connectivity index (χ1) is 12.2. The van der Waals surface area contributed by atoms with Crippen LogP contribution in [0.25, 0.3) is 11.3 Å². The molecule has 2 aromatic rings. The lowest BCUT2D eigenvalue weighted by molar-refractivity contribution is -0.235. The first-order valence-corrected chi connectivity index (χ1v) is 7.62. The van der Waals surface area contributed by atoms with Gasteiger partial charge in [-0.15, -0.1) is 0 Å². The molecule has 0 bridgehead atoms. The highest BCUT2D eigenvalue weighted by atomic mass is 35.5. The van der Waals surface area contributed by atoms with E-state index in [0.29, 0.717) is 4.57 Å². The molecule has 0 aliphatic carbocycles. The minimum absolute atomic E-state index is 0.0470. The number of rotatable bonds is 4. The molecule has 6 nitrogen and oxygen atoms in total. The van der Waals surface area contributed by atoms with Crippen molar-refractivity contribution in [3.05, 3.63) is 36.2 Å². The molecule has 0 atom stereocenters. The highest BCUT2D eigenvalue weighted by molar-refractivity contribution is 6.32. The zero-order chi connectivity index (χ0) is 20.6. The second-order valence-corrected chi connectivity index (χ2v) is 6.34. The molecule has 0 saturated heterocycles. The van der Waals surface area contributed by atoms with Gasteiger partial charge in [-0.3, -0.25) is 20.4 Å². The van der Waals surface area contributed by atoms with Crippen molar-refractivity contribution in [2.75, 3.05) is 0 Å². The number of aromatic nitrogens is 3. The standard InChI is InChI=1S/C15H13ClF5N5O/c1-13(2,15(19,20)21)27-11-4-3-8(5-25-11)9-7-26(10(22)6-24-9)12(23)14(16,17)18/h3-7,22-23H,1-2H3. The minimum atomic E-state index is -4.61. The minimum Gasteiger partial charge on any atom is -0.462 e. The van der Waals surface area contributed by atoms with Crippen molar-refractivity contribution in [1.82, 2.24) is 14.5 Å². The van der Waals surface area contributed by atoms with Crippen LogP contribution in [0.5, 0.6) is 5.88 Å². The van der Waals surface area contributed by atoms with Crippen LogP contribution in [0.15, 0.2) is 30.7 Å². The third-order valence-corrected chi connectivity index (χ3v) is 3.60. The van der Waals surface area contributed by atoms with Crippen molar-refractivity contribution in [3.63, 3.8) is 0 Å². The number of hydrogen-bond acceptors (Lipinski definition) is 5. The highest BCUT2D eigenvalue weighted by Gasteiger charge is 2.50. The van der Waals surface area contributed by atoms with Gasteiger partial charge in [0, 0.05) is 24.0 Å². The van der Waals surface area contributed by atoms with Crippen LogP contribution >= 0.6 is 11.6 Å². The molecule has 0 spiro atoms. The fraction of sp³-hybridized carbons (Fsp3) is 0.333. The van der Waals surface area contributed by atoms with Crippen molar-refractivity contribution in [2.24, 2.45) is 0 Å². The predicted octanol–water partition coefficient (Wildman–Crippen LogP) is 3.80. The molecular weight excluding hydrogens is 397 g/mol. The van der Waals surface area contributed by atoms with Crippen LogP contribution in [0.4, 0.5) is 22.0 Å². The summed E-state index contributed by atoms with van der Waals surface area (Å²) >= 11 is 4.80. The summed E-state index contributed by atoms with van der Waals surface area (Å²) in [6.45, 7) is 1.69. The Kier molecular flexibility index (Phi) is 5.28. The molecule has 12 heteroatoms. The molecule has 0 amide bonds. The Balaban J connectivity index is 2.33. The quantitative estimate of drug-likeness (QED) is 0.348. The molecule has 0 unspecified atom stereocenters. The topological polar surface area (TPSA) is 87.6 Å². The van der Waals surface area contributed by atoms with Crippen LogP contribution in [0, 0.1) is 10.8 Å². The van der Waals surface area contributed by atoms with Crippen LogP contribution in [0.3, 0.4) is 0 Å². The van der Waals surface area contributed by atoms with E-state index in [2.05, 4.69) is 9.97 Å². The zero-order valence-corrected chi connectivity index (χ0v) is 14.7. The van der Waals surface area contributed by atoms with Crippen molar-refractivity contribution in [2.45, 2.75) is 31.0 Å². The number of halogens is 6. The van der Waals surface area contributed by atoms with Crippen LogP contribution in [-0.2, 0) is 0 Å². The summed E-state index contributed by atoms with van der Waals surface area (Å²) in [4.78, 5) is 7.62. The van der Waals surface area contributed by atoms with Crippen LogP contribution in [0.1, 0.15) is 13.8 Å². The number of ether oxygens (including phenoxy) is 1. The number of nitrogens with one attached hydrogen (secondary N) is 2. The van der Waals surface area contributed by atoms with Gasteiger partial charge in [-0.2, -0.15) is 22.0 Å². The van der Waals surface area contributed by atoms with Gasteiger partial charge >= 0.3 is 11.6 Å². The van der Waals surface area contributed by atoms with Crippen LogP contribution in [0.2, 0.25) is 0 Å². The maximum atomic E-state index is 13.1. The molecule has 0 radical (unpaired) electrons. The Labute approximate surface area is 154 Å². The molecule has 0 aliphatic heterocycles. The van der Waals surface area contributed by atoms with Gasteiger partial charge in [0.05, 0.1) is 11.9 Å². The monoisotopic (exact) mass is 409 g/mol. The summed E-state index contributed by atoms with van der Waals surface area (Å²) in [7, 11) is 0. The molecule has 0 saturated carbocycles. The lowest BCUT2D eigenvalue weighted by Gasteiger charge is -2.28. The van der Waals surface area contributed by atoms with Crippen LogP contribution < -0.4 is 10.2 Å². The summed E-state index contributed by atoms with van der Waals surface area (Å²) < 4.78 is 70.1. The molecule has 146 valence electrons. The Hall–Kier alpha value is -2.56. The lowest BCUT2D eigenvalue weighted by atomic mass is 10.1.